The maximum Gasteiger partial charge on any atom is 0.123 e. The zero-order valence-electron chi connectivity index (χ0n) is 8.90. The zero-order valence-corrected chi connectivity index (χ0v) is 10.5. The second-order valence-corrected chi connectivity index (χ2v) is 5.11. The summed E-state index contributed by atoms with van der Waals surface area (Å²) in [7, 11) is 0. The van der Waals surface area contributed by atoms with Crippen LogP contribution in [0.15, 0.2) is 18.2 Å². The normalized spacial score (nSPS) is 11.8. The summed E-state index contributed by atoms with van der Waals surface area (Å²) in [6, 6.07) is 5.02. The lowest BCUT2D eigenvalue weighted by atomic mass is 9.86. The molecule has 1 rings (SSSR count). The van der Waals surface area contributed by atoms with Crippen LogP contribution in [0.5, 0.6) is 0 Å². The fourth-order valence-electron chi connectivity index (χ4n) is 1.42. The van der Waals surface area contributed by atoms with E-state index in [1.54, 1.807) is 6.07 Å². The predicted octanol–water partition coefficient (Wildman–Crippen LogP) is 4.10. The molecule has 0 nitrogen and oxygen atoms in total. The van der Waals surface area contributed by atoms with Gasteiger partial charge in [0.05, 0.1) is 0 Å². The van der Waals surface area contributed by atoms with Crippen LogP contribution in [-0.4, -0.2) is 5.33 Å². The number of alkyl halides is 1. The molecule has 0 amide bonds. The van der Waals surface area contributed by atoms with Crippen molar-refractivity contribution in [2.75, 3.05) is 5.33 Å². The second-order valence-electron chi connectivity index (χ2n) is 4.55. The third-order valence-electron chi connectivity index (χ3n) is 2.34. The van der Waals surface area contributed by atoms with E-state index in [1.165, 1.54) is 11.6 Å². The van der Waals surface area contributed by atoms with Crippen molar-refractivity contribution in [2.45, 2.75) is 27.2 Å². The lowest BCUT2D eigenvalue weighted by Gasteiger charge is -2.22. The van der Waals surface area contributed by atoms with Gasteiger partial charge in [-0.2, -0.15) is 0 Å². The molecule has 0 aromatic heterocycles. The molecule has 0 aliphatic carbocycles. The van der Waals surface area contributed by atoms with E-state index in [4.69, 9.17) is 0 Å². The van der Waals surface area contributed by atoms with Crippen molar-refractivity contribution in [1.82, 2.24) is 0 Å². The van der Waals surface area contributed by atoms with E-state index < -0.39 is 0 Å². The van der Waals surface area contributed by atoms with E-state index in [-0.39, 0.29) is 11.2 Å². The summed E-state index contributed by atoms with van der Waals surface area (Å²) in [6.07, 6.45) is 0.977. The number of rotatable bonds is 3. The zero-order chi connectivity index (χ0) is 10.8. The Balaban J connectivity index is 2.87. The molecule has 0 heterocycles. The number of halogens is 2. The van der Waals surface area contributed by atoms with Crippen LogP contribution in [0.2, 0.25) is 0 Å². The van der Waals surface area contributed by atoms with Gasteiger partial charge in [0.2, 0.25) is 0 Å². The van der Waals surface area contributed by atoms with Gasteiger partial charge in [0.1, 0.15) is 5.82 Å². The maximum absolute atomic E-state index is 12.9. The summed E-state index contributed by atoms with van der Waals surface area (Å²) >= 11 is 3.49. The first-order chi connectivity index (χ1) is 6.44. The third-order valence-corrected chi connectivity index (χ3v) is 3.85. The fourth-order valence-corrected chi connectivity index (χ4v) is 1.62. The smallest absolute Gasteiger partial charge is 0.123 e. The molecule has 1 aromatic rings. The van der Waals surface area contributed by atoms with Crippen LogP contribution in [0.25, 0.3) is 0 Å². The Morgan fingerprint density at radius 3 is 2.50 bits per heavy atom. The molecule has 0 unspecified atom stereocenters. The van der Waals surface area contributed by atoms with Crippen LogP contribution in [-0.2, 0) is 6.42 Å². The first-order valence-corrected chi connectivity index (χ1v) is 5.88. The molecule has 0 N–H and O–H groups in total. The Kier molecular flexibility index (Phi) is 3.71. The van der Waals surface area contributed by atoms with Gasteiger partial charge in [-0.05, 0) is 42.0 Å². The highest BCUT2D eigenvalue weighted by molar-refractivity contribution is 9.09. The first kappa shape index (κ1) is 11.7. The Labute approximate surface area is 93.7 Å². The summed E-state index contributed by atoms with van der Waals surface area (Å²) in [4.78, 5) is 0. The third kappa shape index (κ3) is 3.09. The predicted molar refractivity (Wildman–Crippen MR) is 62.4 cm³/mol. The minimum absolute atomic E-state index is 0.150. The van der Waals surface area contributed by atoms with Gasteiger partial charge in [-0.15, -0.1) is 0 Å². The standard InChI is InChI=1S/C12H16BrF/c1-9-6-11(14)5-4-10(9)7-12(2,3)8-13/h4-6H,7-8H2,1-3H3. The molecule has 0 aliphatic rings. The minimum Gasteiger partial charge on any atom is -0.207 e. The SMILES string of the molecule is Cc1cc(F)ccc1CC(C)(C)CBr. The molecule has 0 spiro atoms. The highest BCUT2D eigenvalue weighted by atomic mass is 79.9. The van der Waals surface area contributed by atoms with Gasteiger partial charge in [0.15, 0.2) is 0 Å². The van der Waals surface area contributed by atoms with Crippen LogP contribution in [0.1, 0.15) is 25.0 Å². The highest BCUT2D eigenvalue weighted by Gasteiger charge is 2.17. The molecule has 0 atom stereocenters. The molecule has 1 aromatic carbocycles. The summed E-state index contributed by atoms with van der Waals surface area (Å²) in [5.41, 5.74) is 2.50. The molecule has 2 heteroatoms. The Morgan fingerprint density at radius 2 is 2.00 bits per heavy atom. The van der Waals surface area contributed by atoms with E-state index in [9.17, 15) is 4.39 Å². The summed E-state index contributed by atoms with van der Waals surface area (Å²) < 4.78 is 12.9. The van der Waals surface area contributed by atoms with Crippen molar-refractivity contribution in [3.05, 3.63) is 35.1 Å². The number of aryl methyl sites for hydroxylation is 1. The summed E-state index contributed by atoms with van der Waals surface area (Å²) in [5.74, 6) is -0.150. The Hall–Kier alpha value is -0.370. The van der Waals surface area contributed by atoms with E-state index in [0.717, 1.165) is 17.3 Å². The molecular formula is C12H16BrF. The molecule has 0 fully saturated rings. The topological polar surface area (TPSA) is 0 Å². The Morgan fingerprint density at radius 1 is 1.36 bits per heavy atom. The van der Waals surface area contributed by atoms with Crippen LogP contribution in [0, 0.1) is 18.2 Å². The molecule has 0 bridgehead atoms. The average molecular weight is 259 g/mol. The lowest BCUT2D eigenvalue weighted by molar-refractivity contribution is 0.423. The van der Waals surface area contributed by atoms with Crippen LogP contribution in [0.4, 0.5) is 4.39 Å². The van der Waals surface area contributed by atoms with Gasteiger partial charge < -0.3 is 0 Å². The van der Waals surface area contributed by atoms with Crippen molar-refractivity contribution in [1.29, 1.82) is 0 Å². The van der Waals surface area contributed by atoms with Crippen LogP contribution in [0.3, 0.4) is 0 Å². The van der Waals surface area contributed by atoms with Crippen LogP contribution >= 0.6 is 15.9 Å². The Bertz CT molecular complexity index is 318. The largest absolute Gasteiger partial charge is 0.207 e. The van der Waals surface area contributed by atoms with E-state index >= 15 is 0 Å². The van der Waals surface area contributed by atoms with Gasteiger partial charge in [-0.3, -0.25) is 0 Å². The van der Waals surface area contributed by atoms with E-state index in [0.29, 0.717) is 0 Å². The van der Waals surface area contributed by atoms with Crippen molar-refractivity contribution in [2.24, 2.45) is 5.41 Å². The molecule has 14 heavy (non-hydrogen) atoms. The fraction of sp³-hybridized carbons (Fsp3) is 0.500. The molecular weight excluding hydrogens is 243 g/mol. The molecule has 0 aliphatic heterocycles. The van der Waals surface area contributed by atoms with Crippen molar-refractivity contribution in [3.63, 3.8) is 0 Å². The number of hydrogen-bond donors (Lipinski definition) is 0. The quantitative estimate of drug-likeness (QED) is 0.717. The first-order valence-electron chi connectivity index (χ1n) is 4.75. The van der Waals surface area contributed by atoms with E-state index in [2.05, 4.69) is 29.8 Å². The van der Waals surface area contributed by atoms with E-state index in [1.807, 2.05) is 13.0 Å². The van der Waals surface area contributed by atoms with Gasteiger partial charge in [0, 0.05) is 5.33 Å². The minimum atomic E-state index is -0.150. The highest BCUT2D eigenvalue weighted by Crippen LogP contribution is 2.25. The van der Waals surface area contributed by atoms with Gasteiger partial charge in [-0.25, -0.2) is 4.39 Å². The summed E-state index contributed by atoms with van der Waals surface area (Å²) in [6.45, 7) is 6.36. The van der Waals surface area contributed by atoms with Crippen molar-refractivity contribution < 1.29 is 4.39 Å². The van der Waals surface area contributed by atoms with Gasteiger partial charge in [-0.1, -0.05) is 35.8 Å². The molecule has 0 saturated heterocycles. The van der Waals surface area contributed by atoms with Crippen LogP contribution < -0.4 is 0 Å². The van der Waals surface area contributed by atoms with Gasteiger partial charge >= 0.3 is 0 Å². The van der Waals surface area contributed by atoms with Crippen molar-refractivity contribution in [3.8, 4) is 0 Å². The lowest BCUT2D eigenvalue weighted by Crippen LogP contribution is -2.17. The molecule has 0 saturated carbocycles. The van der Waals surface area contributed by atoms with Crippen molar-refractivity contribution >= 4 is 15.9 Å². The molecule has 78 valence electrons. The number of hydrogen-bond acceptors (Lipinski definition) is 0. The monoisotopic (exact) mass is 258 g/mol. The molecule has 0 radical (unpaired) electrons. The maximum atomic E-state index is 12.9. The number of benzene rings is 1. The second kappa shape index (κ2) is 4.43. The average Bonchev–Trinajstić information content (AvgIpc) is 2.10. The summed E-state index contributed by atoms with van der Waals surface area (Å²) in [5, 5.41) is 0.955. The van der Waals surface area contributed by atoms with Gasteiger partial charge in [0.25, 0.3) is 0 Å².